The summed E-state index contributed by atoms with van der Waals surface area (Å²) in [5, 5.41) is 11.8. The Bertz CT molecular complexity index is 186. The van der Waals surface area contributed by atoms with E-state index in [2.05, 4.69) is 5.32 Å². The maximum atomic E-state index is 10.9. The average molecular weight is 157 g/mol. The Labute approximate surface area is 64.5 Å². The second-order valence-electron chi connectivity index (χ2n) is 3.17. The number of ether oxygens (including phenoxy) is 1. The van der Waals surface area contributed by atoms with E-state index in [-0.39, 0.29) is 24.0 Å². The van der Waals surface area contributed by atoms with Crippen LogP contribution in [0.1, 0.15) is 13.3 Å². The predicted molar refractivity (Wildman–Crippen MR) is 36.6 cm³/mol. The van der Waals surface area contributed by atoms with Crippen molar-refractivity contribution in [2.24, 2.45) is 5.92 Å². The van der Waals surface area contributed by atoms with Gasteiger partial charge in [0.25, 0.3) is 0 Å². The molecule has 0 aromatic rings. The van der Waals surface area contributed by atoms with Gasteiger partial charge in [-0.05, 0) is 6.92 Å². The summed E-state index contributed by atoms with van der Waals surface area (Å²) in [5.74, 6) is 0.0211. The maximum Gasteiger partial charge on any atom is 0.228 e. The topological polar surface area (TPSA) is 58.6 Å². The van der Waals surface area contributed by atoms with Crippen molar-refractivity contribution in [1.82, 2.24) is 5.32 Å². The molecule has 0 spiro atoms. The summed E-state index contributed by atoms with van der Waals surface area (Å²) < 4.78 is 5.09. The molecule has 0 bridgehead atoms. The number of β-lactam (4-membered cyclic amide) rings is 1. The molecule has 2 heterocycles. The summed E-state index contributed by atoms with van der Waals surface area (Å²) in [6, 6.07) is 0.140. The van der Waals surface area contributed by atoms with E-state index in [1.165, 1.54) is 0 Å². The smallest absolute Gasteiger partial charge is 0.228 e. The zero-order chi connectivity index (χ0) is 8.01. The zero-order valence-electron chi connectivity index (χ0n) is 6.28. The Morgan fingerprint density at radius 2 is 2.45 bits per heavy atom. The van der Waals surface area contributed by atoms with E-state index in [4.69, 9.17) is 9.84 Å². The molecule has 2 rings (SSSR count). The van der Waals surface area contributed by atoms with Crippen LogP contribution < -0.4 is 5.32 Å². The lowest BCUT2D eigenvalue weighted by atomic mass is 9.82. The number of hydrogen-bond acceptors (Lipinski definition) is 3. The predicted octanol–water partition coefficient (Wildman–Crippen LogP) is -0.772. The summed E-state index contributed by atoms with van der Waals surface area (Å²) in [4.78, 5) is 10.9. The Morgan fingerprint density at radius 1 is 1.73 bits per heavy atom. The molecule has 62 valence electrons. The van der Waals surface area contributed by atoms with Gasteiger partial charge >= 0.3 is 0 Å². The highest BCUT2D eigenvalue weighted by atomic mass is 16.6. The van der Waals surface area contributed by atoms with Gasteiger partial charge in [-0.15, -0.1) is 0 Å². The standard InChI is InChI=1S/C7H11NO3/c1-3-6-4(8-7(6)10)2-5(9)11-3/h3-6,9H,2H2,1H3,(H,8,10). The molecule has 11 heavy (non-hydrogen) atoms. The van der Waals surface area contributed by atoms with Gasteiger partial charge in [0.05, 0.1) is 12.0 Å². The van der Waals surface area contributed by atoms with Crippen molar-refractivity contribution >= 4 is 5.91 Å². The van der Waals surface area contributed by atoms with Crippen molar-refractivity contribution in [1.29, 1.82) is 0 Å². The minimum atomic E-state index is -0.702. The van der Waals surface area contributed by atoms with Crippen molar-refractivity contribution in [3.05, 3.63) is 0 Å². The first kappa shape index (κ1) is 7.06. The highest BCUT2D eigenvalue weighted by Crippen LogP contribution is 2.30. The van der Waals surface area contributed by atoms with Gasteiger partial charge in [-0.3, -0.25) is 4.79 Å². The quantitative estimate of drug-likeness (QED) is 0.454. The SMILES string of the molecule is CC1OC(O)CC2NC(=O)C21. The number of carbonyl (C=O) groups is 1. The molecule has 2 fully saturated rings. The molecule has 1 amide bonds. The summed E-state index contributed by atoms with van der Waals surface area (Å²) in [6.45, 7) is 1.82. The van der Waals surface area contributed by atoms with Crippen LogP contribution >= 0.6 is 0 Å². The van der Waals surface area contributed by atoms with Gasteiger partial charge in [0.15, 0.2) is 6.29 Å². The molecule has 2 aliphatic heterocycles. The molecule has 4 unspecified atom stereocenters. The number of aliphatic hydroxyl groups excluding tert-OH is 1. The molecule has 4 atom stereocenters. The molecular formula is C7H11NO3. The normalized spacial score (nSPS) is 49.1. The van der Waals surface area contributed by atoms with Gasteiger partial charge in [-0.25, -0.2) is 0 Å². The van der Waals surface area contributed by atoms with E-state index in [0.29, 0.717) is 6.42 Å². The first-order valence-electron chi connectivity index (χ1n) is 3.82. The van der Waals surface area contributed by atoms with Crippen LogP contribution in [0.2, 0.25) is 0 Å². The third kappa shape index (κ3) is 0.937. The van der Waals surface area contributed by atoms with Gasteiger partial charge in [0.1, 0.15) is 0 Å². The van der Waals surface area contributed by atoms with Gasteiger partial charge < -0.3 is 15.2 Å². The third-order valence-corrected chi connectivity index (χ3v) is 2.40. The molecule has 0 aliphatic carbocycles. The van der Waals surface area contributed by atoms with Crippen LogP contribution in [0.4, 0.5) is 0 Å². The molecule has 4 heteroatoms. The maximum absolute atomic E-state index is 10.9. The Morgan fingerprint density at radius 3 is 3.00 bits per heavy atom. The van der Waals surface area contributed by atoms with Crippen LogP contribution in [0.5, 0.6) is 0 Å². The average Bonchev–Trinajstić information content (AvgIpc) is 1.83. The van der Waals surface area contributed by atoms with Crippen molar-refractivity contribution < 1.29 is 14.6 Å². The van der Waals surface area contributed by atoms with E-state index < -0.39 is 6.29 Å². The number of fused-ring (bicyclic) bond motifs is 1. The van der Waals surface area contributed by atoms with Crippen LogP contribution in [-0.4, -0.2) is 29.4 Å². The zero-order valence-corrected chi connectivity index (χ0v) is 6.28. The molecule has 0 aromatic carbocycles. The number of nitrogens with one attached hydrogen (secondary N) is 1. The Kier molecular flexibility index (Phi) is 1.40. The first-order valence-corrected chi connectivity index (χ1v) is 3.82. The monoisotopic (exact) mass is 157 g/mol. The minimum Gasteiger partial charge on any atom is -0.368 e. The summed E-state index contributed by atoms with van der Waals surface area (Å²) in [5.41, 5.74) is 0. The number of amides is 1. The number of rotatable bonds is 0. The molecule has 2 N–H and O–H groups in total. The van der Waals surface area contributed by atoms with Crippen molar-refractivity contribution in [3.8, 4) is 0 Å². The molecule has 0 saturated carbocycles. The summed E-state index contributed by atoms with van der Waals surface area (Å²) >= 11 is 0. The van der Waals surface area contributed by atoms with Crippen LogP contribution in [-0.2, 0) is 9.53 Å². The highest BCUT2D eigenvalue weighted by molar-refractivity contribution is 5.86. The van der Waals surface area contributed by atoms with Crippen LogP contribution in [0.3, 0.4) is 0 Å². The Hall–Kier alpha value is -0.610. The fraction of sp³-hybridized carbons (Fsp3) is 0.857. The minimum absolute atomic E-state index is 0.0293. The van der Waals surface area contributed by atoms with Gasteiger partial charge in [-0.1, -0.05) is 0 Å². The number of aliphatic hydroxyl groups is 1. The van der Waals surface area contributed by atoms with Crippen molar-refractivity contribution in [2.75, 3.05) is 0 Å². The van der Waals surface area contributed by atoms with E-state index in [1.54, 1.807) is 0 Å². The fourth-order valence-electron chi connectivity index (χ4n) is 1.81. The third-order valence-electron chi connectivity index (χ3n) is 2.40. The van der Waals surface area contributed by atoms with Gasteiger partial charge in [0.2, 0.25) is 5.91 Å². The molecule has 0 aromatic heterocycles. The van der Waals surface area contributed by atoms with Gasteiger partial charge in [-0.2, -0.15) is 0 Å². The lowest BCUT2D eigenvalue weighted by Gasteiger charge is -2.45. The van der Waals surface area contributed by atoms with Crippen molar-refractivity contribution in [2.45, 2.75) is 31.8 Å². The largest absolute Gasteiger partial charge is 0.368 e. The highest BCUT2D eigenvalue weighted by Gasteiger charge is 2.48. The van der Waals surface area contributed by atoms with Crippen LogP contribution in [0.15, 0.2) is 0 Å². The molecule has 2 aliphatic rings. The van der Waals surface area contributed by atoms with E-state index in [9.17, 15) is 4.79 Å². The van der Waals surface area contributed by atoms with E-state index >= 15 is 0 Å². The molecular weight excluding hydrogens is 146 g/mol. The van der Waals surface area contributed by atoms with Crippen molar-refractivity contribution in [3.63, 3.8) is 0 Å². The molecule has 2 saturated heterocycles. The number of hydrogen-bond donors (Lipinski definition) is 2. The van der Waals surface area contributed by atoms with Crippen LogP contribution in [0.25, 0.3) is 0 Å². The summed E-state index contributed by atoms with van der Waals surface area (Å²) in [6.07, 6.45) is -0.315. The van der Waals surface area contributed by atoms with Crippen LogP contribution in [0, 0.1) is 5.92 Å². The molecule has 4 nitrogen and oxygen atoms in total. The second kappa shape index (κ2) is 2.19. The second-order valence-corrected chi connectivity index (χ2v) is 3.17. The van der Waals surface area contributed by atoms with E-state index in [0.717, 1.165) is 0 Å². The first-order chi connectivity index (χ1) is 5.18. The summed E-state index contributed by atoms with van der Waals surface area (Å²) in [7, 11) is 0. The Balaban J connectivity index is 2.07. The van der Waals surface area contributed by atoms with Gasteiger partial charge in [0, 0.05) is 12.5 Å². The molecule has 0 radical (unpaired) electrons. The lowest BCUT2D eigenvalue weighted by molar-refractivity contribution is -0.203. The lowest BCUT2D eigenvalue weighted by Crippen LogP contribution is -2.66. The van der Waals surface area contributed by atoms with E-state index in [1.807, 2.05) is 6.92 Å². The number of carbonyl (C=O) groups excluding carboxylic acids is 1. The fourth-order valence-corrected chi connectivity index (χ4v) is 1.81.